The zero-order valence-corrected chi connectivity index (χ0v) is 14.3. The van der Waals surface area contributed by atoms with E-state index < -0.39 is 11.2 Å². The van der Waals surface area contributed by atoms with Crippen LogP contribution in [0.2, 0.25) is 0 Å². The van der Waals surface area contributed by atoms with Gasteiger partial charge in [-0.1, -0.05) is 67.2 Å². The topological polar surface area (TPSA) is 46.1 Å². The van der Waals surface area contributed by atoms with E-state index >= 15 is 0 Å². The Labute approximate surface area is 108 Å². The van der Waals surface area contributed by atoms with Gasteiger partial charge < -0.3 is 10.2 Å². The summed E-state index contributed by atoms with van der Waals surface area (Å²) in [6.45, 7) is 10.9. The summed E-state index contributed by atoms with van der Waals surface area (Å²) in [5.41, 5.74) is -1.40. The first kappa shape index (κ1) is 20.9. The molecule has 0 N–H and O–H groups in total. The molecule has 0 fully saturated rings. The molecule has 0 aromatic heterocycles. The molecule has 0 saturated heterocycles. The Morgan fingerprint density at radius 3 is 0.933 bits per heavy atom. The zero-order valence-electron chi connectivity index (χ0n) is 11.4. The fourth-order valence-corrected chi connectivity index (χ4v) is 1.20. The van der Waals surface area contributed by atoms with Crippen molar-refractivity contribution < 1.29 is 29.7 Å². The first-order chi connectivity index (χ1) is 6.12. The smallest absolute Gasteiger partial charge is 0.850 e. The Morgan fingerprint density at radius 1 is 0.733 bits per heavy atom. The molecule has 0 radical (unpaired) electrons. The van der Waals surface area contributed by atoms with Gasteiger partial charge in [0.2, 0.25) is 0 Å². The molecule has 0 aromatic rings. The van der Waals surface area contributed by atoms with Crippen LogP contribution in [0, 0.1) is 0 Å². The number of hydrogen-bond acceptors (Lipinski definition) is 2. The predicted molar refractivity (Wildman–Crippen MR) is 58.0 cm³/mol. The normalized spacial score (nSPS) is 11.2. The summed E-state index contributed by atoms with van der Waals surface area (Å²) in [7, 11) is 0. The summed E-state index contributed by atoms with van der Waals surface area (Å²) in [6.07, 6.45) is 3.56. The Balaban J connectivity index is -0.000000180. The molecule has 0 aliphatic carbocycles. The molecule has 3 heteroatoms. The molecular weight excluding hydrogens is 242 g/mol. The van der Waals surface area contributed by atoms with Gasteiger partial charge in [0, 0.05) is 0 Å². The van der Waals surface area contributed by atoms with Crippen LogP contribution >= 0.6 is 0 Å². The van der Waals surface area contributed by atoms with Crippen molar-refractivity contribution in [1.29, 1.82) is 0 Å². The van der Waals surface area contributed by atoms with Gasteiger partial charge in [0.25, 0.3) is 0 Å². The number of hydrogen-bond donors (Lipinski definition) is 0. The van der Waals surface area contributed by atoms with Crippen molar-refractivity contribution in [3.05, 3.63) is 0 Å². The minimum absolute atomic E-state index is 0. The van der Waals surface area contributed by atoms with Gasteiger partial charge in [-0.25, -0.2) is 0 Å². The molecule has 0 aliphatic rings. The van der Waals surface area contributed by atoms with Gasteiger partial charge in [-0.2, -0.15) is 0 Å². The SMILES string of the molecule is CCCC(C)(C)[O-].CCCC(C)(C)[O-].[Zn+2]. The first-order valence-corrected chi connectivity index (χ1v) is 5.53. The van der Waals surface area contributed by atoms with Crippen LogP contribution in [-0.4, -0.2) is 11.2 Å². The Hall–Kier alpha value is 0.543. The Morgan fingerprint density at radius 2 is 0.933 bits per heavy atom. The van der Waals surface area contributed by atoms with Crippen LogP contribution in [0.25, 0.3) is 0 Å². The molecule has 0 spiro atoms. The van der Waals surface area contributed by atoms with E-state index in [2.05, 4.69) is 0 Å². The fourth-order valence-electron chi connectivity index (χ4n) is 1.20. The van der Waals surface area contributed by atoms with Crippen LogP contribution in [-0.2, 0) is 19.5 Å². The average Bonchev–Trinajstić information content (AvgIpc) is 1.81. The van der Waals surface area contributed by atoms with Gasteiger partial charge in [-0.05, 0) is 0 Å². The molecule has 88 valence electrons. The maximum absolute atomic E-state index is 10.7. The monoisotopic (exact) mass is 266 g/mol. The van der Waals surface area contributed by atoms with E-state index in [1.54, 1.807) is 27.7 Å². The molecule has 0 saturated carbocycles. The van der Waals surface area contributed by atoms with Crippen LogP contribution in [0.4, 0.5) is 0 Å². The van der Waals surface area contributed by atoms with Crippen molar-refractivity contribution in [2.45, 2.75) is 78.4 Å². The molecule has 0 amide bonds. The summed E-state index contributed by atoms with van der Waals surface area (Å²) in [6, 6.07) is 0. The Kier molecular flexibility index (Phi) is 13.6. The van der Waals surface area contributed by atoms with Crippen LogP contribution in [0.15, 0.2) is 0 Å². The van der Waals surface area contributed by atoms with Crippen LogP contribution in [0.3, 0.4) is 0 Å². The molecular formula is C12H26O2Zn. The van der Waals surface area contributed by atoms with Gasteiger partial charge in [-0.15, -0.1) is 11.2 Å². The molecule has 0 aromatic carbocycles. The van der Waals surface area contributed by atoms with Crippen LogP contribution < -0.4 is 10.2 Å². The summed E-state index contributed by atoms with van der Waals surface area (Å²) in [5, 5.41) is 21.4. The van der Waals surface area contributed by atoms with Gasteiger partial charge >= 0.3 is 19.5 Å². The molecule has 0 rings (SSSR count). The second kappa shape index (κ2) is 9.75. The van der Waals surface area contributed by atoms with Crippen molar-refractivity contribution in [1.82, 2.24) is 0 Å². The molecule has 0 atom stereocenters. The van der Waals surface area contributed by atoms with Gasteiger partial charge in [0.15, 0.2) is 0 Å². The van der Waals surface area contributed by atoms with Crippen molar-refractivity contribution >= 4 is 0 Å². The van der Waals surface area contributed by atoms with Gasteiger partial charge in [0.05, 0.1) is 0 Å². The summed E-state index contributed by atoms with van der Waals surface area (Å²) >= 11 is 0. The molecule has 0 aliphatic heterocycles. The number of rotatable bonds is 4. The molecule has 0 heterocycles. The van der Waals surface area contributed by atoms with E-state index in [1.807, 2.05) is 13.8 Å². The van der Waals surface area contributed by atoms with E-state index in [1.165, 1.54) is 0 Å². The van der Waals surface area contributed by atoms with Gasteiger partial charge in [0.1, 0.15) is 0 Å². The molecule has 15 heavy (non-hydrogen) atoms. The fraction of sp³-hybridized carbons (Fsp3) is 1.00. The summed E-state index contributed by atoms with van der Waals surface area (Å²) in [4.78, 5) is 0. The van der Waals surface area contributed by atoms with E-state index in [0.29, 0.717) is 0 Å². The van der Waals surface area contributed by atoms with E-state index in [4.69, 9.17) is 0 Å². The predicted octanol–water partition coefficient (Wildman–Crippen LogP) is 1.85. The van der Waals surface area contributed by atoms with Crippen LogP contribution in [0.1, 0.15) is 67.2 Å². The van der Waals surface area contributed by atoms with Crippen molar-refractivity contribution in [3.8, 4) is 0 Å². The third kappa shape index (κ3) is 31.3. The quantitative estimate of drug-likeness (QED) is 0.730. The van der Waals surface area contributed by atoms with E-state index in [0.717, 1.165) is 25.7 Å². The standard InChI is InChI=1S/2C6H13O.Zn/c2*1-4-5-6(2,3)7;/h2*4-5H2,1-3H3;/q2*-1;+2. The van der Waals surface area contributed by atoms with E-state index in [-0.39, 0.29) is 19.5 Å². The molecule has 0 unspecified atom stereocenters. The van der Waals surface area contributed by atoms with Gasteiger partial charge in [-0.3, -0.25) is 0 Å². The van der Waals surface area contributed by atoms with E-state index in [9.17, 15) is 10.2 Å². The largest absolute Gasteiger partial charge is 2.00 e. The Bertz CT molecular complexity index is 107. The van der Waals surface area contributed by atoms with Crippen LogP contribution in [0.5, 0.6) is 0 Å². The second-order valence-electron chi connectivity index (χ2n) is 5.02. The second-order valence-corrected chi connectivity index (χ2v) is 5.02. The summed E-state index contributed by atoms with van der Waals surface area (Å²) < 4.78 is 0. The zero-order chi connectivity index (χ0) is 11.8. The molecule has 2 nitrogen and oxygen atoms in total. The third-order valence-electron chi connectivity index (χ3n) is 1.70. The maximum atomic E-state index is 10.7. The average molecular weight is 268 g/mol. The third-order valence-corrected chi connectivity index (χ3v) is 1.70. The maximum Gasteiger partial charge on any atom is 2.00 e. The van der Waals surface area contributed by atoms with Crippen molar-refractivity contribution in [2.75, 3.05) is 0 Å². The minimum Gasteiger partial charge on any atom is -0.850 e. The van der Waals surface area contributed by atoms with Crippen molar-refractivity contribution in [2.24, 2.45) is 0 Å². The summed E-state index contributed by atoms with van der Waals surface area (Å²) in [5.74, 6) is 0. The first-order valence-electron chi connectivity index (χ1n) is 5.53. The minimum atomic E-state index is -0.700. The molecule has 0 bridgehead atoms. The van der Waals surface area contributed by atoms with Crippen molar-refractivity contribution in [3.63, 3.8) is 0 Å².